The maximum Gasteiger partial charge on any atom is 0.198 e. The Morgan fingerprint density at radius 1 is 1.19 bits per heavy atom. The highest BCUT2D eigenvalue weighted by Gasteiger charge is 2.29. The van der Waals surface area contributed by atoms with E-state index in [0.717, 1.165) is 36.0 Å². The Bertz CT molecular complexity index is 794. The van der Waals surface area contributed by atoms with Crippen LogP contribution in [-0.4, -0.2) is 19.2 Å². The maximum atomic E-state index is 12.9. The Morgan fingerprint density at radius 3 is 3.00 bits per heavy atom. The van der Waals surface area contributed by atoms with Crippen LogP contribution in [0.2, 0.25) is 0 Å². The van der Waals surface area contributed by atoms with E-state index in [-0.39, 0.29) is 5.25 Å². The van der Waals surface area contributed by atoms with Gasteiger partial charge in [0, 0.05) is 6.20 Å². The standard InChI is InChI=1S/C16H15N3OS/c20-21(16-18-12-7-1-2-8-13(12)19-16)14-9-3-5-11-6-4-10-17-15(11)14/h1-2,4,6-8,10,14H,3,5,9H2,(H,18,19). The van der Waals surface area contributed by atoms with Crippen molar-refractivity contribution >= 4 is 21.8 Å². The summed E-state index contributed by atoms with van der Waals surface area (Å²) in [5.74, 6) is 0. The Morgan fingerprint density at radius 2 is 2.10 bits per heavy atom. The van der Waals surface area contributed by atoms with Crippen molar-refractivity contribution < 1.29 is 4.21 Å². The lowest BCUT2D eigenvalue weighted by Gasteiger charge is -2.22. The minimum absolute atomic E-state index is 0.0597. The van der Waals surface area contributed by atoms with Crippen molar-refractivity contribution in [2.75, 3.05) is 0 Å². The zero-order valence-electron chi connectivity index (χ0n) is 11.5. The zero-order chi connectivity index (χ0) is 14.2. The lowest BCUT2D eigenvalue weighted by molar-refractivity contribution is 0.614. The number of aromatic nitrogens is 3. The smallest absolute Gasteiger partial charge is 0.198 e. The molecular weight excluding hydrogens is 282 g/mol. The molecule has 1 aliphatic rings. The number of para-hydroxylation sites is 2. The van der Waals surface area contributed by atoms with Crippen LogP contribution in [0.3, 0.4) is 0 Å². The average molecular weight is 297 g/mol. The van der Waals surface area contributed by atoms with Crippen molar-refractivity contribution in [1.82, 2.24) is 15.0 Å². The summed E-state index contributed by atoms with van der Waals surface area (Å²) in [7, 11) is -1.19. The molecule has 1 N–H and O–H groups in total. The molecule has 0 fully saturated rings. The number of aryl methyl sites for hydroxylation is 1. The number of imidazole rings is 1. The zero-order valence-corrected chi connectivity index (χ0v) is 12.3. The largest absolute Gasteiger partial charge is 0.331 e. The molecule has 3 aromatic rings. The third-order valence-corrected chi connectivity index (χ3v) is 5.51. The highest BCUT2D eigenvalue weighted by molar-refractivity contribution is 7.85. The van der Waals surface area contributed by atoms with Crippen molar-refractivity contribution in [1.29, 1.82) is 0 Å². The molecule has 2 heterocycles. The summed E-state index contributed by atoms with van der Waals surface area (Å²) in [6, 6.07) is 11.8. The summed E-state index contributed by atoms with van der Waals surface area (Å²) in [6.45, 7) is 0. The van der Waals surface area contributed by atoms with E-state index in [9.17, 15) is 4.21 Å². The number of pyridine rings is 1. The van der Waals surface area contributed by atoms with Crippen LogP contribution in [0.15, 0.2) is 47.8 Å². The van der Waals surface area contributed by atoms with E-state index >= 15 is 0 Å². The van der Waals surface area contributed by atoms with Crippen LogP contribution >= 0.6 is 0 Å². The predicted molar refractivity (Wildman–Crippen MR) is 82.4 cm³/mol. The van der Waals surface area contributed by atoms with Gasteiger partial charge in [0.2, 0.25) is 0 Å². The second-order valence-electron chi connectivity index (χ2n) is 5.29. The van der Waals surface area contributed by atoms with Crippen LogP contribution < -0.4 is 0 Å². The highest BCUT2D eigenvalue weighted by Crippen LogP contribution is 2.34. The quantitative estimate of drug-likeness (QED) is 0.790. The molecule has 4 rings (SSSR count). The predicted octanol–water partition coefficient (Wildman–Crippen LogP) is 3.14. The first-order valence-electron chi connectivity index (χ1n) is 7.12. The second kappa shape index (κ2) is 5.07. The van der Waals surface area contributed by atoms with Gasteiger partial charge in [-0.1, -0.05) is 18.2 Å². The third kappa shape index (κ3) is 2.17. The van der Waals surface area contributed by atoms with Gasteiger partial charge in [-0.05, 0) is 43.0 Å². The molecular formula is C16H15N3OS. The van der Waals surface area contributed by atoms with Crippen molar-refractivity contribution in [3.8, 4) is 0 Å². The lowest BCUT2D eigenvalue weighted by atomic mass is 9.96. The van der Waals surface area contributed by atoms with E-state index in [0.29, 0.717) is 5.16 Å². The average Bonchev–Trinajstić information content (AvgIpc) is 2.97. The number of hydrogen-bond acceptors (Lipinski definition) is 3. The molecule has 0 spiro atoms. The Kier molecular flexibility index (Phi) is 3.07. The summed E-state index contributed by atoms with van der Waals surface area (Å²) in [4.78, 5) is 12.1. The maximum absolute atomic E-state index is 12.9. The molecule has 0 saturated heterocycles. The molecule has 2 atom stereocenters. The fourth-order valence-corrected chi connectivity index (χ4v) is 4.40. The number of hydrogen-bond donors (Lipinski definition) is 1. The number of aromatic amines is 1. The molecule has 0 radical (unpaired) electrons. The summed E-state index contributed by atoms with van der Waals surface area (Å²) in [5.41, 5.74) is 3.98. The first kappa shape index (κ1) is 12.7. The Balaban J connectivity index is 1.75. The van der Waals surface area contributed by atoms with Crippen LogP contribution in [0.4, 0.5) is 0 Å². The SMILES string of the molecule is O=S(c1nc2ccccc2[nH]1)C1CCCc2cccnc21. The molecule has 21 heavy (non-hydrogen) atoms. The fourth-order valence-electron chi connectivity index (χ4n) is 2.93. The van der Waals surface area contributed by atoms with E-state index in [1.54, 1.807) is 6.20 Å². The normalized spacial score (nSPS) is 19.3. The monoisotopic (exact) mass is 297 g/mol. The molecule has 1 aromatic carbocycles. The molecule has 2 aromatic heterocycles. The van der Waals surface area contributed by atoms with Crippen LogP contribution in [0.1, 0.15) is 29.3 Å². The van der Waals surface area contributed by atoms with Gasteiger partial charge in [-0.3, -0.25) is 9.19 Å². The number of fused-ring (bicyclic) bond motifs is 2. The highest BCUT2D eigenvalue weighted by atomic mass is 32.2. The molecule has 0 amide bonds. The molecule has 5 heteroatoms. The van der Waals surface area contributed by atoms with Gasteiger partial charge in [-0.15, -0.1) is 0 Å². The van der Waals surface area contributed by atoms with Gasteiger partial charge in [0.25, 0.3) is 0 Å². The van der Waals surface area contributed by atoms with Gasteiger partial charge >= 0.3 is 0 Å². The molecule has 1 aliphatic carbocycles. The van der Waals surface area contributed by atoms with Crippen molar-refractivity contribution in [2.24, 2.45) is 0 Å². The summed E-state index contributed by atoms with van der Waals surface area (Å²) in [6.07, 6.45) is 4.76. The summed E-state index contributed by atoms with van der Waals surface area (Å²) in [5, 5.41) is 0.496. The van der Waals surface area contributed by atoms with Crippen molar-refractivity contribution in [3.05, 3.63) is 53.9 Å². The van der Waals surface area contributed by atoms with E-state index < -0.39 is 10.8 Å². The number of benzene rings is 1. The van der Waals surface area contributed by atoms with Gasteiger partial charge in [-0.25, -0.2) is 4.98 Å². The van der Waals surface area contributed by atoms with Crippen LogP contribution in [0, 0.1) is 0 Å². The minimum Gasteiger partial charge on any atom is -0.331 e. The van der Waals surface area contributed by atoms with Crippen LogP contribution in [-0.2, 0) is 17.2 Å². The number of nitrogens with zero attached hydrogens (tertiary/aromatic N) is 2. The van der Waals surface area contributed by atoms with E-state index in [2.05, 4.69) is 21.0 Å². The first-order chi connectivity index (χ1) is 10.3. The van der Waals surface area contributed by atoms with Gasteiger partial charge in [0.05, 0.1) is 32.8 Å². The van der Waals surface area contributed by atoms with E-state index in [1.807, 2.05) is 30.3 Å². The van der Waals surface area contributed by atoms with Gasteiger partial charge in [0.15, 0.2) is 5.16 Å². The summed E-state index contributed by atoms with van der Waals surface area (Å²) < 4.78 is 12.9. The summed E-state index contributed by atoms with van der Waals surface area (Å²) >= 11 is 0. The Hall–Kier alpha value is -2.01. The van der Waals surface area contributed by atoms with Gasteiger partial charge in [0.1, 0.15) is 0 Å². The molecule has 0 aliphatic heterocycles. The van der Waals surface area contributed by atoms with Gasteiger partial charge < -0.3 is 4.98 Å². The minimum atomic E-state index is -1.19. The number of rotatable bonds is 2. The molecule has 106 valence electrons. The molecule has 2 unspecified atom stereocenters. The number of nitrogens with one attached hydrogen (secondary N) is 1. The number of H-pyrrole nitrogens is 1. The fraction of sp³-hybridized carbons (Fsp3) is 0.250. The van der Waals surface area contributed by atoms with E-state index in [4.69, 9.17) is 0 Å². The van der Waals surface area contributed by atoms with Gasteiger partial charge in [-0.2, -0.15) is 0 Å². The second-order valence-corrected chi connectivity index (χ2v) is 6.84. The first-order valence-corrected chi connectivity index (χ1v) is 8.33. The van der Waals surface area contributed by atoms with E-state index in [1.165, 1.54) is 5.56 Å². The third-order valence-electron chi connectivity index (χ3n) is 3.96. The van der Waals surface area contributed by atoms with Crippen molar-refractivity contribution in [2.45, 2.75) is 29.7 Å². The van der Waals surface area contributed by atoms with Crippen LogP contribution in [0.25, 0.3) is 11.0 Å². The van der Waals surface area contributed by atoms with Crippen molar-refractivity contribution in [3.63, 3.8) is 0 Å². The Labute approximate surface area is 125 Å². The van der Waals surface area contributed by atoms with Crippen LogP contribution in [0.5, 0.6) is 0 Å². The molecule has 0 bridgehead atoms. The molecule has 0 saturated carbocycles. The topological polar surface area (TPSA) is 58.6 Å². The molecule has 4 nitrogen and oxygen atoms in total. The lowest BCUT2D eigenvalue weighted by Crippen LogP contribution is -2.17.